The third-order valence-corrected chi connectivity index (χ3v) is 5.08. The van der Waals surface area contributed by atoms with Gasteiger partial charge >= 0.3 is 0 Å². The molecule has 1 aliphatic heterocycles. The molecule has 1 heterocycles. The van der Waals surface area contributed by atoms with Gasteiger partial charge in [-0.25, -0.2) is 0 Å². The minimum absolute atomic E-state index is 0.0347. The zero-order valence-electron chi connectivity index (χ0n) is 16.3. The van der Waals surface area contributed by atoms with Gasteiger partial charge in [-0.15, -0.1) is 0 Å². The van der Waals surface area contributed by atoms with Crippen LogP contribution in [0.5, 0.6) is 5.75 Å². The quantitative estimate of drug-likeness (QED) is 0.852. The van der Waals surface area contributed by atoms with E-state index in [4.69, 9.17) is 4.74 Å². The molecule has 3 rings (SSSR count). The lowest BCUT2D eigenvalue weighted by Gasteiger charge is -2.22. The first-order chi connectivity index (χ1) is 13.1. The van der Waals surface area contributed by atoms with Gasteiger partial charge in [-0.1, -0.05) is 24.3 Å². The van der Waals surface area contributed by atoms with Crippen LogP contribution in [0.3, 0.4) is 0 Å². The third kappa shape index (κ3) is 5.81. The van der Waals surface area contributed by atoms with Crippen molar-refractivity contribution < 1.29 is 9.53 Å². The summed E-state index contributed by atoms with van der Waals surface area (Å²) in [7, 11) is 1.63. The second kappa shape index (κ2) is 9.53. The summed E-state index contributed by atoms with van der Waals surface area (Å²) in [6, 6.07) is 16.0. The van der Waals surface area contributed by atoms with Crippen LogP contribution in [0.4, 0.5) is 5.69 Å². The van der Waals surface area contributed by atoms with E-state index in [-0.39, 0.29) is 5.91 Å². The largest absolute Gasteiger partial charge is 0.497 e. The van der Waals surface area contributed by atoms with E-state index in [0.29, 0.717) is 6.54 Å². The maximum Gasteiger partial charge on any atom is 0.238 e. The van der Waals surface area contributed by atoms with Crippen molar-refractivity contribution in [3.8, 4) is 5.75 Å². The van der Waals surface area contributed by atoms with Crippen LogP contribution >= 0.6 is 0 Å². The number of rotatable bonds is 6. The van der Waals surface area contributed by atoms with E-state index in [1.54, 1.807) is 7.11 Å². The summed E-state index contributed by atoms with van der Waals surface area (Å²) in [5, 5.41) is 2.97. The Morgan fingerprint density at radius 3 is 2.44 bits per heavy atom. The highest BCUT2D eigenvalue weighted by Gasteiger charge is 2.17. The number of nitrogens with zero attached hydrogens (tertiary/aromatic N) is 2. The van der Waals surface area contributed by atoms with E-state index in [2.05, 4.69) is 46.3 Å². The number of hydrogen-bond acceptors (Lipinski definition) is 4. The van der Waals surface area contributed by atoms with Gasteiger partial charge in [-0.3, -0.25) is 14.6 Å². The number of methoxy groups -OCH3 is 1. The van der Waals surface area contributed by atoms with Gasteiger partial charge in [0, 0.05) is 25.3 Å². The lowest BCUT2D eigenvalue weighted by atomic mass is 10.1. The molecule has 0 radical (unpaired) electrons. The molecule has 1 saturated heterocycles. The Bertz CT molecular complexity index is 745. The Kier molecular flexibility index (Phi) is 6.85. The SMILES string of the molecule is COc1ccc(NC(=O)CN2CCCN(Cc3ccccc3C)CC2)cc1. The zero-order valence-corrected chi connectivity index (χ0v) is 16.3. The second-order valence-corrected chi connectivity index (χ2v) is 7.11. The lowest BCUT2D eigenvalue weighted by Crippen LogP contribution is -2.36. The summed E-state index contributed by atoms with van der Waals surface area (Å²) >= 11 is 0. The summed E-state index contributed by atoms with van der Waals surface area (Å²) in [5.41, 5.74) is 3.54. The Morgan fingerprint density at radius 1 is 1.00 bits per heavy atom. The smallest absolute Gasteiger partial charge is 0.238 e. The van der Waals surface area contributed by atoms with Crippen molar-refractivity contribution in [2.45, 2.75) is 19.9 Å². The number of carbonyl (C=O) groups excluding carboxylic acids is 1. The maximum absolute atomic E-state index is 12.4. The van der Waals surface area contributed by atoms with Crippen molar-refractivity contribution in [1.82, 2.24) is 9.80 Å². The Balaban J connectivity index is 1.47. The monoisotopic (exact) mass is 367 g/mol. The lowest BCUT2D eigenvalue weighted by molar-refractivity contribution is -0.117. The number of amides is 1. The summed E-state index contributed by atoms with van der Waals surface area (Å²) in [6.07, 6.45) is 1.09. The Labute approximate surface area is 161 Å². The third-order valence-electron chi connectivity index (χ3n) is 5.08. The van der Waals surface area contributed by atoms with E-state index in [0.717, 1.165) is 50.6 Å². The average Bonchev–Trinajstić information content (AvgIpc) is 2.89. The summed E-state index contributed by atoms with van der Waals surface area (Å²) in [4.78, 5) is 17.1. The molecule has 0 saturated carbocycles. The first-order valence-corrected chi connectivity index (χ1v) is 9.57. The highest BCUT2D eigenvalue weighted by molar-refractivity contribution is 5.92. The summed E-state index contributed by atoms with van der Waals surface area (Å²) < 4.78 is 5.14. The minimum Gasteiger partial charge on any atom is -0.497 e. The Morgan fingerprint density at radius 2 is 1.70 bits per heavy atom. The van der Waals surface area contributed by atoms with Crippen LogP contribution < -0.4 is 10.1 Å². The van der Waals surface area contributed by atoms with Gasteiger partial charge in [-0.2, -0.15) is 0 Å². The van der Waals surface area contributed by atoms with Crippen LogP contribution in [0, 0.1) is 6.92 Å². The summed E-state index contributed by atoms with van der Waals surface area (Å²) in [5.74, 6) is 0.821. The number of ether oxygens (including phenoxy) is 1. The number of benzene rings is 2. The van der Waals surface area contributed by atoms with Crippen molar-refractivity contribution in [2.24, 2.45) is 0 Å². The number of hydrogen-bond donors (Lipinski definition) is 1. The molecule has 1 N–H and O–H groups in total. The van der Waals surface area contributed by atoms with E-state index in [1.807, 2.05) is 24.3 Å². The number of carbonyl (C=O) groups is 1. The molecule has 1 amide bonds. The molecule has 0 bridgehead atoms. The topological polar surface area (TPSA) is 44.8 Å². The van der Waals surface area contributed by atoms with Crippen LogP contribution in [0.2, 0.25) is 0 Å². The van der Waals surface area contributed by atoms with E-state index >= 15 is 0 Å². The number of nitrogens with one attached hydrogen (secondary N) is 1. The fraction of sp³-hybridized carbons (Fsp3) is 0.409. The molecule has 1 fully saturated rings. The molecular formula is C22H29N3O2. The van der Waals surface area contributed by atoms with Crippen molar-refractivity contribution in [3.05, 3.63) is 59.7 Å². The average molecular weight is 367 g/mol. The summed E-state index contributed by atoms with van der Waals surface area (Å²) in [6.45, 7) is 7.53. The van der Waals surface area contributed by atoms with Gasteiger partial charge in [0.1, 0.15) is 5.75 Å². The van der Waals surface area contributed by atoms with Gasteiger partial charge in [-0.05, 0) is 61.8 Å². The number of anilines is 1. The van der Waals surface area contributed by atoms with Gasteiger partial charge in [0.05, 0.1) is 13.7 Å². The molecule has 0 aliphatic carbocycles. The molecule has 0 unspecified atom stereocenters. The van der Waals surface area contributed by atoms with Crippen LogP contribution in [0.25, 0.3) is 0 Å². The highest BCUT2D eigenvalue weighted by atomic mass is 16.5. The van der Waals surface area contributed by atoms with Crippen LogP contribution in [-0.4, -0.2) is 55.5 Å². The molecule has 5 nitrogen and oxygen atoms in total. The highest BCUT2D eigenvalue weighted by Crippen LogP contribution is 2.15. The second-order valence-electron chi connectivity index (χ2n) is 7.11. The molecular weight excluding hydrogens is 338 g/mol. The fourth-order valence-electron chi connectivity index (χ4n) is 3.45. The van der Waals surface area contributed by atoms with Gasteiger partial charge < -0.3 is 10.1 Å². The van der Waals surface area contributed by atoms with Crippen LogP contribution in [0.15, 0.2) is 48.5 Å². The normalized spacial score (nSPS) is 15.9. The minimum atomic E-state index is 0.0347. The van der Waals surface area contributed by atoms with Gasteiger partial charge in [0.2, 0.25) is 5.91 Å². The first-order valence-electron chi connectivity index (χ1n) is 9.57. The van der Waals surface area contributed by atoms with E-state index < -0.39 is 0 Å². The number of aryl methyl sites for hydroxylation is 1. The van der Waals surface area contributed by atoms with Crippen molar-refractivity contribution in [3.63, 3.8) is 0 Å². The van der Waals surface area contributed by atoms with Crippen LogP contribution in [0.1, 0.15) is 17.5 Å². The van der Waals surface area contributed by atoms with Crippen molar-refractivity contribution in [1.29, 1.82) is 0 Å². The first kappa shape index (κ1) is 19.4. The molecule has 2 aromatic rings. The molecule has 0 atom stereocenters. The van der Waals surface area contributed by atoms with Crippen molar-refractivity contribution in [2.75, 3.05) is 45.2 Å². The zero-order chi connectivity index (χ0) is 19.1. The van der Waals surface area contributed by atoms with E-state index in [9.17, 15) is 4.79 Å². The standard InChI is InChI=1S/C22H29N3O2/c1-18-6-3-4-7-19(18)16-24-12-5-13-25(15-14-24)17-22(26)23-20-8-10-21(27-2)11-9-20/h3-4,6-11H,5,12-17H2,1-2H3,(H,23,26). The molecule has 27 heavy (non-hydrogen) atoms. The Hall–Kier alpha value is -2.37. The molecule has 144 valence electrons. The molecule has 0 spiro atoms. The van der Waals surface area contributed by atoms with Crippen LogP contribution in [-0.2, 0) is 11.3 Å². The molecule has 2 aromatic carbocycles. The van der Waals surface area contributed by atoms with E-state index in [1.165, 1.54) is 11.1 Å². The molecule has 1 aliphatic rings. The fourth-order valence-corrected chi connectivity index (χ4v) is 3.45. The maximum atomic E-state index is 12.4. The molecule has 5 heteroatoms. The van der Waals surface area contributed by atoms with Gasteiger partial charge in [0.25, 0.3) is 0 Å². The predicted molar refractivity (Wildman–Crippen MR) is 109 cm³/mol. The molecule has 0 aromatic heterocycles. The van der Waals surface area contributed by atoms with Gasteiger partial charge in [0.15, 0.2) is 0 Å². The predicted octanol–water partition coefficient (Wildman–Crippen LogP) is 3.15. The van der Waals surface area contributed by atoms with Crippen molar-refractivity contribution >= 4 is 11.6 Å².